The van der Waals surface area contributed by atoms with Crippen molar-refractivity contribution in [3.63, 3.8) is 0 Å². The number of hydrogen-bond acceptors (Lipinski definition) is 6. The number of anilines is 1. The van der Waals surface area contributed by atoms with Gasteiger partial charge in [0.25, 0.3) is 5.95 Å². The lowest BCUT2D eigenvalue weighted by Crippen LogP contribution is -2.13. The summed E-state index contributed by atoms with van der Waals surface area (Å²) >= 11 is 0. The first-order chi connectivity index (χ1) is 7.66. The second-order valence-electron chi connectivity index (χ2n) is 3.26. The molecule has 2 aromatic heterocycles. The fourth-order valence-corrected chi connectivity index (χ4v) is 1.12. The number of hydrogen-bond donors (Lipinski definition) is 2. The maximum atomic E-state index is 5.62. The molecular weight excluding hydrogens is 279 g/mol. The Morgan fingerprint density at radius 2 is 2.06 bits per heavy atom. The first-order valence-corrected chi connectivity index (χ1v) is 4.69. The molecule has 0 saturated carbocycles. The molecule has 0 saturated heterocycles. The SMILES string of the molecule is Cc1ccc(/C=N/Nc2nnc(C)n2N)o1.Cl.Cl. The van der Waals surface area contributed by atoms with E-state index >= 15 is 0 Å². The van der Waals surface area contributed by atoms with E-state index in [-0.39, 0.29) is 24.8 Å². The number of hydrazone groups is 1. The smallest absolute Gasteiger partial charge is 0.263 e. The summed E-state index contributed by atoms with van der Waals surface area (Å²) in [6.07, 6.45) is 1.54. The minimum atomic E-state index is 0. The standard InChI is InChI=1S/C9H12N6O.2ClH/c1-6-3-4-8(16-6)5-11-13-9-14-12-7(2)15(9)10;;/h3-5H,10H2,1-2H3,(H,13,14);2*1H/b11-5+;;. The van der Waals surface area contributed by atoms with Crippen LogP contribution in [0.15, 0.2) is 21.7 Å². The van der Waals surface area contributed by atoms with E-state index in [9.17, 15) is 0 Å². The molecule has 0 aliphatic carbocycles. The van der Waals surface area contributed by atoms with Gasteiger partial charge in [-0.05, 0) is 26.0 Å². The zero-order valence-corrected chi connectivity index (χ0v) is 11.5. The summed E-state index contributed by atoms with van der Waals surface area (Å²) in [4.78, 5) is 0. The molecule has 0 aromatic carbocycles. The van der Waals surface area contributed by atoms with Crippen LogP contribution >= 0.6 is 24.8 Å². The Hall–Kier alpha value is -1.73. The third kappa shape index (κ3) is 3.64. The van der Waals surface area contributed by atoms with E-state index in [1.165, 1.54) is 10.9 Å². The van der Waals surface area contributed by atoms with Crippen molar-refractivity contribution in [2.45, 2.75) is 13.8 Å². The van der Waals surface area contributed by atoms with E-state index in [4.69, 9.17) is 10.3 Å². The molecule has 0 unspecified atom stereocenters. The van der Waals surface area contributed by atoms with Gasteiger partial charge >= 0.3 is 0 Å². The zero-order valence-electron chi connectivity index (χ0n) is 9.82. The Kier molecular flexibility index (Phi) is 6.21. The van der Waals surface area contributed by atoms with Crippen LogP contribution in [0.5, 0.6) is 0 Å². The van der Waals surface area contributed by atoms with Gasteiger partial charge in [0.05, 0.1) is 6.21 Å². The maximum Gasteiger partial charge on any atom is 0.263 e. The van der Waals surface area contributed by atoms with Gasteiger partial charge in [-0.1, -0.05) is 0 Å². The normalized spacial score (nSPS) is 9.89. The molecule has 0 atom stereocenters. The molecule has 0 bridgehead atoms. The summed E-state index contributed by atoms with van der Waals surface area (Å²) in [5.74, 6) is 8.08. The van der Waals surface area contributed by atoms with Gasteiger partial charge in [0.15, 0.2) is 5.82 Å². The Labute approximate surface area is 116 Å². The molecule has 3 N–H and O–H groups in total. The van der Waals surface area contributed by atoms with Crippen molar-refractivity contribution in [3.05, 3.63) is 29.5 Å². The highest BCUT2D eigenvalue weighted by molar-refractivity contribution is 5.85. The number of furan rings is 1. The number of nitrogens with zero attached hydrogens (tertiary/aromatic N) is 4. The van der Waals surface area contributed by atoms with Crippen LogP contribution < -0.4 is 11.3 Å². The third-order valence-electron chi connectivity index (χ3n) is 1.98. The Morgan fingerprint density at radius 1 is 1.33 bits per heavy atom. The summed E-state index contributed by atoms with van der Waals surface area (Å²) in [5.41, 5.74) is 2.67. The van der Waals surface area contributed by atoms with Crippen molar-refractivity contribution >= 4 is 37.0 Å². The molecule has 2 rings (SSSR count). The van der Waals surface area contributed by atoms with Crippen molar-refractivity contribution in [3.8, 4) is 0 Å². The predicted octanol–water partition coefficient (Wildman–Crippen LogP) is 1.49. The van der Waals surface area contributed by atoms with E-state index < -0.39 is 0 Å². The number of halogens is 2. The number of aromatic nitrogens is 3. The van der Waals surface area contributed by atoms with Gasteiger partial charge in [0, 0.05) is 0 Å². The van der Waals surface area contributed by atoms with Crippen molar-refractivity contribution < 1.29 is 4.42 Å². The molecule has 0 aliphatic heterocycles. The van der Waals surface area contributed by atoms with Gasteiger partial charge in [-0.15, -0.1) is 35.0 Å². The summed E-state index contributed by atoms with van der Waals surface area (Å²) in [5, 5.41) is 11.5. The summed E-state index contributed by atoms with van der Waals surface area (Å²) in [6, 6.07) is 3.68. The van der Waals surface area contributed by atoms with Crippen LogP contribution in [0.4, 0.5) is 5.95 Å². The van der Waals surface area contributed by atoms with Gasteiger partial charge in [0.1, 0.15) is 11.5 Å². The Balaban J connectivity index is 0.00000144. The van der Waals surface area contributed by atoms with Crippen LogP contribution in [0.3, 0.4) is 0 Å². The number of aryl methyl sites for hydroxylation is 2. The van der Waals surface area contributed by atoms with E-state index in [0.29, 0.717) is 17.5 Å². The fourth-order valence-electron chi connectivity index (χ4n) is 1.12. The molecule has 2 aromatic rings. The van der Waals surface area contributed by atoms with Crippen molar-refractivity contribution in [1.29, 1.82) is 0 Å². The maximum absolute atomic E-state index is 5.62. The van der Waals surface area contributed by atoms with E-state index in [0.717, 1.165) is 5.76 Å². The van der Waals surface area contributed by atoms with Crippen LogP contribution in [0, 0.1) is 13.8 Å². The molecule has 18 heavy (non-hydrogen) atoms. The highest BCUT2D eigenvalue weighted by Gasteiger charge is 2.02. The minimum absolute atomic E-state index is 0. The minimum Gasteiger partial charge on any atom is -0.460 e. The van der Waals surface area contributed by atoms with Gasteiger partial charge in [-0.3, -0.25) is 0 Å². The Morgan fingerprint density at radius 3 is 2.56 bits per heavy atom. The first-order valence-electron chi connectivity index (χ1n) is 4.69. The molecule has 0 aliphatic rings. The molecule has 2 heterocycles. The highest BCUT2D eigenvalue weighted by Crippen LogP contribution is 2.04. The molecule has 0 spiro atoms. The fraction of sp³-hybridized carbons (Fsp3) is 0.222. The molecule has 0 fully saturated rings. The molecule has 0 radical (unpaired) electrons. The van der Waals surface area contributed by atoms with E-state index in [1.807, 2.05) is 19.1 Å². The topological polar surface area (TPSA) is 94.3 Å². The largest absolute Gasteiger partial charge is 0.460 e. The van der Waals surface area contributed by atoms with Crippen molar-refractivity contribution in [2.75, 3.05) is 11.3 Å². The van der Waals surface area contributed by atoms with Crippen LogP contribution in [-0.2, 0) is 0 Å². The average Bonchev–Trinajstić information content (AvgIpc) is 2.79. The number of rotatable bonds is 3. The summed E-state index contributed by atoms with van der Waals surface area (Å²) in [7, 11) is 0. The van der Waals surface area contributed by atoms with Crippen LogP contribution in [-0.4, -0.2) is 21.1 Å². The lowest BCUT2D eigenvalue weighted by molar-refractivity contribution is 0.528. The highest BCUT2D eigenvalue weighted by atomic mass is 35.5. The quantitative estimate of drug-likeness (QED) is 0.508. The number of nitrogen functional groups attached to an aromatic ring is 1. The van der Waals surface area contributed by atoms with Crippen LogP contribution in [0.25, 0.3) is 0 Å². The van der Waals surface area contributed by atoms with Crippen LogP contribution in [0.1, 0.15) is 17.3 Å². The molecular formula is C9H14Cl2N6O. The third-order valence-corrected chi connectivity index (χ3v) is 1.98. The number of nitrogens with two attached hydrogens (primary N) is 1. The van der Waals surface area contributed by atoms with Crippen molar-refractivity contribution in [2.24, 2.45) is 5.10 Å². The average molecular weight is 293 g/mol. The van der Waals surface area contributed by atoms with E-state index in [2.05, 4.69) is 20.7 Å². The predicted molar refractivity (Wildman–Crippen MR) is 74.1 cm³/mol. The summed E-state index contributed by atoms with van der Waals surface area (Å²) in [6.45, 7) is 3.61. The van der Waals surface area contributed by atoms with E-state index in [1.54, 1.807) is 6.92 Å². The summed E-state index contributed by atoms with van der Waals surface area (Å²) < 4.78 is 6.60. The molecule has 9 heteroatoms. The van der Waals surface area contributed by atoms with Gasteiger partial charge in [0.2, 0.25) is 0 Å². The first kappa shape index (κ1) is 16.3. The number of nitrogens with one attached hydrogen (secondary N) is 1. The van der Waals surface area contributed by atoms with Gasteiger partial charge < -0.3 is 10.3 Å². The Bertz CT molecular complexity index is 521. The molecule has 0 amide bonds. The van der Waals surface area contributed by atoms with Gasteiger partial charge in [-0.2, -0.15) is 5.10 Å². The lowest BCUT2D eigenvalue weighted by atomic mass is 10.4. The zero-order chi connectivity index (χ0) is 11.5. The van der Waals surface area contributed by atoms with Crippen LogP contribution in [0.2, 0.25) is 0 Å². The lowest BCUT2D eigenvalue weighted by Gasteiger charge is -1.98. The van der Waals surface area contributed by atoms with Gasteiger partial charge in [-0.25, -0.2) is 10.1 Å². The monoisotopic (exact) mass is 292 g/mol. The molecule has 7 nitrogen and oxygen atoms in total. The second kappa shape index (κ2) is 6.87. The van der Waals surface area contributed by atoms with Crippen molar-refractivity contribution in [1.82, 2.24) is 14.9 Å². The molecule has 100 valence electrons. The second-order valence-corrected chi connectivity index (χ2v) is 3.26.